The SMILES string of the molecule is O=C(Nc1cc(Cl)ccc1NS(=O)(=O)c1cc(Cl)sc1Cl)c1ccco1. The van der Waals surface area contributed by atoms with Gasteiger partial charge in [-0.05, 0) is 36.4 Å². The zero-order valence-corrected chi connectivity index (χ0v) is 16.5. The van der Waals surface area contributed by atoms with Crippen LogP contribution in [0.1, 0.15) is 10.6 Å². The fourth-order valence-corrected chi connectivity index (χ4v) is 5.41. The Hall–Kier alpha value is -1.71. The molecule has 136 valence electrons. The van der Waals surface area contributed by atoms with Gasteiger partial charge in [0.25, 0.3) is 15.9 Å². The van der Waals surface area contributed by atoms with Gasteiger partial charge < -0.3 is 9.73 Å². The molecule has 2 aromatic heterocycles. The molecule has 2 N–H and O–H groups in total. The minimum atomic E-state index is -4.02. The smallest absolute Gasteiger partial charge is 0.291 e. The number of rotatable bonds is 5. The van der Waals surface area contributed by atoms with E-state index in [2.05, 4.69) is 10.0 Å². The highest BCUT2D eigenvalue weighted by atomic mass is 35.5. The summed E-state index contributed by atoms with van der Waals surface area (Å²) in [6.45, 7) is 0. The molecule has 0 aliphatic carbocycles. The number of anilines is 2. The van der Waals surface area contributed by atoms with Crippen molar-refractivity contribution in [2.24, 2.45) is 0 Å². The van der Waals surface area contributed by atoms with Crippen molar-refractivity contribution in [2.45, 2.75) is 4.90 Å². The van der Waals surface area contributed by atoms with E-state index in [1.54, 1.807) is 6.07 Å². The third kappa shape index (κ3) is 4.16. The van der Waals surface area contributed by atoms with E-state index in [-0.39, 0.29) is 30.7 Å². The van der Waals surface area contributed by atoms with Crippen LogP contribution in [0.25, 0.3) is 0 Å². The lowest BCUT2D eigenvalue weighted by molar-refractivity contribution is 0.0996. The zero-order valence-electron chi connectivity index (χ0n) is 12.6. The van der Waals surface area contributed by atoms with Crippen LogP contribution in [0.3, 0.4) is 0 Å². The van der Waals surface area contributed by atoms with E-state index in [0.29, 0.717) is 5.02 Å². The quantitative estimate of drug-likeness (QED) is 0.547. The molecule has 0 spiro atoms. The summed E-state index contributed by atoms with van der Waals surface area (Å²) in [7, 11) is -4.02. The van der Waals surface area contributed by atoms with E-state index >= 15 is 0 Å². The summed E-state index contributed by atoms with van der Waals surface area (Å²) < 4.78 is 32.8. The van der Waals surface area contributed by atoms with Crippen molar-refractivity contribution in [1.82, 2.24) is 0 Å². The standard InChI is InChI=1S/C15H9Cl3N2O4S2/c16-8-3-4-9(10(6-8)19-15(21)11-2-1-5-24-11)20-26(22,23)12-7-13(17)25-14(12)18/h1-7,20H,(H,19,21). The highest BCUT2D eigenvalue weighted by Crippen LogP contribution is 2.36. The van der Waals surface area contributed by atoms with Gasteiger partial charge in [-0.2, -0.15) is 0 Å². The summed E-state index contributed by atoms with van der Waals surface area (Å²) in [5, 5.41) is 2.85. The Kier molecular flexibility index (Phi) is 5.50. The first kappa shape index (κ1) is 19.1. The molecule has 0 aliphatic rings. The van der Waals surface area contributed by atoms with Crippen LogP contribution in [0.15, 0.2) is 52.0 Å². The Balaban J connectivity index is 1.93. The Labute approximate surface area is 167 Å². The molecule has 0 bridgehead atoms. The van der Waals surface area contributed by atoms with Crippen molar-refractivity contribution in [3.63, 3.8) is 0 Å². The number of amides is 1. The van der Waals surface area contributed by atoms with Gasteiger partial charge in [0, 0.05) is 5.02 Å². The van der Waals surface area contributed by atoms with Gasteiger partial charge in [-0.1, -0.05) is 34.8 Å². The Bertz CT molecular complexity index is 1060. The predicted molar refractivity (Wildman–Crippen MR) is 103 cm³/mol. The maximum Gasteiger partial charge on any atom is 0.291 e. The molecule has 6 nitrogen and oxygen atoms in total. The van der Waals surface area contributed by atoms with E-state index in [4.69, 9.17) is 39.2 Å². The van der Waals surface area contributed by atoms with Crippen molar-refractivity contribution < 1.29 is 17.6 Å². The molecule has 1 amide bonds. The first-order valence-electron chi connectivity index (χ1n) is 6.88. The normalized spacial score (nSPS) is 11.3. The molecule has 0 saturated carbocycles. The predicted octanol–water partition coefficient (Wildman–Crippen LogP) is 5.35. The van der Waals surface area contributed by atoms with Gasteiger partial charge in [0.05, 0.1) is 22.0 Å². The second kappa shape index (κ2) is 7.50. The van der Waals surface area contributed by atoms with Crippen LogP contribution in [-0.4, -0.2) is 14.3 Å². The highest BCUT2D eigenvalue weighted by molar-refractivity contribution is 7.93. The largest absolute Gasteiger partial charge is 0.459 e. The molecule has 0 fully saturated rings. The van der Waals surface area contributed by atoms with Crippen molar-refractivity contribution >= 4 is 73.4 Å². The van der Waals surface area contributed by atoms with Gasteiger partial charge in [-0.15, -0.1) is 11.3 Å². The molecule has 0 unspecified atom stereocenters. The van der Waals surface area contributed by atoms with Gasteiger partial charge >= 0.3 is 0 Å². The van der Waals surface area contributed by atoms with Crippen LogP contribution in [0.5, 0.6) is 0 Å². The van der Waals surface area contributed by atoms with Crippen LogP contribution >= 0.6 is 46.1 Å². The summed E-state index contributed by atoms with van der Waals surface area (Å²) in [6.07, 6.45) is 1.35. The maximum absolute atomic E-state index is 12.6. The molecular formula is C15H9Cl3N2O4S2. The minimum Gasteiger partial charge on any atom is -0.459 e. The molecule has 3 rings (SSSR count). The number of hydrogen-bond donors (Lipinski definition) is 2. The summed E-state index contributed by atoms with van der Waals surface area (Å²) >= 11 is 18.6. The third-order valence-electron chi connectivity index (χ3n) is 3.13. The third-order valence-corrected chi connectivity index (χ3v) is 6.49. The number of nitrogens with one attached hydrogen (secondary N) is 2. The van der Waals surface area contributed by atoms with Crippen LogP contribution in [-0.2, 0) is 10.0 Å². The lowest BCUT2D eigenvalue weighted by atomic mass is 10.2. The van der Waals surface area contributed by atoms with Gasteiger partial charge in [-0.25, -0.2) is 8.42 Å². The summed E-state index contributed by atoms with van der Waals surface area (Å²) in [5.41, 5.74) is 0.257. The van der Waals surface area contributed by atoms with Crippen LogP contribution in [0.4, 0.5) is 11.4 Å². The number of benzene rings is 1. The number of thiophene rings is 1. The van der Waals surface area contributed by atoms with E-state index in [0.717, 1.165) is 11.3 Å². The second-order valence-electron chi connectivity index (χ2n) is 4.92. The lowest BCUT2D eigenvalue weighted by Gasteiger charge is -2.13. The second-order valence-corrected chi connectivity index (χ2v) is 9.29. The van der Waals surface area contributed by atoms with Crippen molar-refractivity contribution in [1.29, 1.82) is 0 Å². The van der Waals surface area contributed by atoms with Gasteiger partial charge in [-0.3, -0.25) is 9.52 Å². The summed E-state index contributed by atoms with van der Waals surface area (Å²) in [4.78, 5) is 12.0. The van der Waals surface area contributed by atoms with Crippen molar-refractivity contribution in [2.75, 3.05) is 10.0 Å². The molecule has 0 radical (unpaired) electrons. The molecule has 0 atom stereocenters. The molecule has 0 aliphatic heterocycles. The molecule has 1 aromatic carbocycles. The summed E-state index contributed by atoms with van der Waals surface area (Å²) in [5.74, 6) is -0.499. The van der Waals surface area contributed by atoms with E-state index < -0.39 is 15.9 Å². The number of sulfonamides is 1. The molecule has 0 saturated heterocycles. The van der Waals surface area contributed by atoms with Crippen molar-refractivity contribution in [3.8, 4) is 0 Å². The van der Waals surface area contributed by atoms with Crippen LogP contribution in [0, 0.1) is 0 Å². The van der Waals surface area contributed by atoms with E-state index in [1.165, 1.54) is 36.6 Å². The number of halogens is 3. The lowest BCUT2D eigenvalue weighted by Crippen LogP contribution is -2.16. The Morgan fingerprint density at radius 1 is 1.08 bits per heavy atom. The van der Waals surface area contributed by atoms with Gasteiger partial charge in [0.1, 0.15) is 9.23 Å². The highest BCUT2D eigenvalue weighted by Gasteiger charge is 2.23. The fraction of sp³-hybridized carbons (Fsp3) is 0. The van der Waals surface area contributed by atoms with Gasteiger partial charge in [0.2, 0.25) is 0 Å². The molecule has 11 heteroatoms. The maximum atomic E-state index is 12.6. The summed E-state index contributed by atoms with van der Waals surface area (Å²) in [6, 6.07) is 8.57. The van der Waals surface area contributed by atoms with Crippen molar-refractivity contribution in [3.05, 3.63) is 62.1 Å². The molecule has 2 heterocycles. The Morgan fingerprint density at radius 2 is 1.85 bits per heavy atom. The molecule has 26 heavy (non-hydrogen) atoms. The molecular weight excluding hydrogens is 443 g/mol. The topological polar surface area (TPSA) is 88.4 Å². The van der Waals surface area contributed by atoms with Gasteiger partial charge in [0.15, 0.2) is 5.76 Å². The number of carbonyl (C=O) groups excluding carboxylic acids is 1. The van der Waals surface area contributed by atoms with Crippen LogP contribution < -0.4 is 10.0 Å². The first-order valence-corrected chi connectivity index (χ1v) is 10.3. The fourth-order valence-electron chi connectivity index (χ4n) is 2.01. The van der Waals surface area contributed by atoms with E-state index in [9.17, 15) is 13.2 Å². The number of hydrogen-bond acceptors (Lipinski definition) is 5. The monoisotopic (exact) mass is 450 g/mol. The number of furan rings is 1. The average molecular weight is 452 g/mol. The Morgan fingerprint density at radius 3 is 2.46 bits per heavy atom. The van der Waals surface area contributed by atoms with E-state index in [1.807, 2.05) is 0 Å². The first-order chi connectivity index (χ1) is 12.3. The zero-order chi connectivity index (χ0) is 18.9. The molecule has 3 aromatic rings. The number of carbonyl (C=O) groups is 1. The minimum absolute atomic E-state index is 0.0256. The average Bonchev–Trinajstić information content (AvgIpc) is 3.19. The van der Waals surface area contributed by atoms with Crippen LogP contribution in [0.2, 0.25) is 13.7 Å².